The number of halogens is 6. The van der Waals surface area contributed by atoms with Crippen LogP contribution in [0, 0.1) is 0 Å². The van der Waals surface area contributed by atoms with Crippen molar-refractivity contribution in [1.82, 2.24) is 0 Å². The Balaban J connectivity index is 3.22. The molecule has 102 valence electrons. The Morgan fingerprint density at radius 3 is 2.06 bits per heavy atom. The van der Waals surface area contributed by atoms with Gasteiger partial charge in [-0.25, -0.2) is 0 Å². The van der Waals surface area contributed by atoms with Gasteiger partial charge in [-0.3, -0.25) is 0 Å². The lowest BCUT2D eigenvalue weighted by Gasteiger charge is -2.17. The van der Waals surface area contributed by atoms with Crippen LogP contribution in [-0.2, 0) is 6.18 Å². The number of methoxy groups -OCH3 is 1. The number of aliphatic hydroxyl groups excluding tert-OH is 1. The Kier molecular flexibility index (Phi) is 3.80. The van der Waals surface area contributed by atoms with E-state index in [2.05, 4.69) is 4.74 Å². The largest absolute Gasteiger partial charge is 0.496 e. The van der Waals surface area contributed by atoms with Crippen LogP contribution in [0.4, 0.5) is 26.3 Å². The summed E-state index contributed by atoms with van der Waals surface area (Å²) in [6.45, 7) is 0. The Hall–Kier alpha value is -1.44. The fourth-order valence-electron chi connectivity index (χ4n) is 1.30. The monoisotopic (exact) mass is 274 g/mol. The summed E-state index contributed by atoms with van der Waals surface area (Å²) in [5.74, 6) is -0.775. The molecule has 0 aliphatic rings. The molecule has 1 N–H and O–H groups in total. The van der Waals surface area contributed by atoms with E-state index < -0.39 is 35.3 Å². The molecule has 1 rings (SSSR count). The van der Waals surface area contributed by atoms with E-state index in [1.807, 2.05) is 0 Å². The molecule has 0 aliphatic carbocycles. The summed E-state index contributed by atoms with van der Waals surface area (Å²) in [6, 6.07) is 1.51. The maximum absolute atomic E-state index is 12.4. The van der Waals surface area contributed by atoms with Crippen LogP contribution in [0.1, 0.15) is 17.2 Å². The second-order valence-electron chi connectivity index (χ2n) is 3.40. The Labute approximate surface area is 97.8 Å². The third kappa shape index (κ3) is 3.06. The Bertz CT molecular complexity index is 423. The highest BCUT2D eigenvalue weighted by Gasteiger charge is 2.41. The first-order valence-electron chi connectivity index (χ1n) is 4.57. The second-order valence-corrected chi connectivity index (χ2v) is 3.40. The van der Waals surface area contributed by atoms with Gasteiger partial charge in [-0.15, -0.1) is 0 Å². The van der Waals surface area contributed by atoms with Crippen LogP contribution in [0.25, 0.3) is 0 Å². The number of alkyl halides is 6. The van der Waals surface area contributed by atoms with Crippen molar-refractivity contribution in [2.45, 2.75) is 18.5 Å². The summed E-state index contributed by atoms with van der Waals surface area (Å²) < 4.78 is 78.3. The molecule has 0 spiro atoms. The minimum Gasteiger partial charge on any atom is -0.496 e. The molecule has 0 fully saturated rings. The van der Waals surface area contributed by atoms with Crippen LogP contribution < -0.4 is 4.74 Å². The van der Waals surface area contributed by atoms with Gasteiger partial charge in [0.1, 0.15) is 5.75 Å². The van der Waals surface area contributed by atoms with E-state index in [9.17, 15) is 26.3 Å². The lowest BCUT2D eigenvalue weighted by molar-refractivity contribution is -0.206. The van der Waals surface area contributed by atoms with Crippen LogP contribution in [0.3, 0.4) is 0 Å². The molecule has 0 saturated heterocycles. The van der Waals surface area contributed by atoms with Crippen molar-refractivity contribution in [2.75, 3.05) is 7.11 Å². The summed E-state index contributed by atoms with van der Waals surface area (Å²) in [5.41, 5.74) is -1.92. The van der Waals surface area contributed by atoms with E-state index in [4.69, 9.17) is 5.11 Å². The Morgan fingerprint density at radius 2 is 1.67 bits per heavy atom. The van der Waals surface area contributed by atoms with Gasteiger partial charge in [0, 0.05) is 0 Å². The summed E-state index contributed by atoms with van der Waals surface area (Å²) in [6.07, 6.45) is -12.5. The molecule has 0 radical (unpaired) electrons. The molecule has 0 unspecified atom stereocenters. The summed E-state index contributed by atoms with van der Waals surface area (Å²) in [4.78, 5) is 0. The first-order valence-corrected chi connectivity index (χ1v) is 4.57. The molecular formula is C10H8F6O2. The topological polar surface area (TPSA) is 29.5 Å². The zero-order valence-electron chi connectivity index (χ0n) is 8.93. The quantitative estimate of drug-likeness (QED) is 0.838. The van der Waals surface area contributed by atoms with Crippen molar-refractivity contribution < 1.29 is 36.2 Å². The van der Waals surface area contributed by atoms with E-state index in [0.717, 1.165) is 7.11 Å². The first kappa shape index (κ1) is 14.6. The average molecular weight is 274 g/mol. The predicted octanol–water partition coefficient (Wildman–Crippen LogP) is 3.31. The van der Waals surface area contributed by atoms with Crippen molar-refractivity contribution in [3.05, 3.63) is 29.3 Å². The lowest BCUT2D eigenvalue weighted by atomic mass is 10.1. The fourth-order valence-corrected chi connectivity index (χ4v) is 1.30. The van der Waals surface area contributed by atoms with Gasteiger partial charge in [-0.1, -0.05) is 6.07 Å². The molecule has 0 bridgehead atoms. The predicted molar refractivity (Wildman–Crippen MR) is 49.0 cm³/mol. The maximum Gasteiger partial charge on any atom is 0.419 e. The number of hydrogen-bond acceptors (Lipinski definition) is 2. The standard InChI is InChI=1S/C10H8F6O2/c1-18-7-4-5(8(17)10(14,15)16)2-3-6(7)9(11,12)13/h2-4,8,17H,1H3/t8-/m1/s1. The fraction of sp³-hybridized carbons (Fsp3) is 0.400. The van der Waals surface area contributed by atoms with Crippen molar-refractivity contribution in [1.29, 1.82) is 0 Å². The maximum atomic E-state index is 12.4. The third-order valence-corrected chi connectivity index (χ3v) is 2.16. The molecule has 1 aromatic carbocycles. The molecule has 0 saturated carbocycles. The molecule has 0 amide bonds. The molecule has 0 aromatic heterocycles. The normalized spacial score (nSPS) is 14.4. The van der Waals surface area contributed by atoms with E-state index in [-0.39, 0.29) is 0 Å². The van der Waals surface area contributed by atoms with Gasteiger partial charge in [0.05, 0.1) is 12.7 Å². The lowest BCUT2D eigenvalue weighted by Crippen LogP contribution is -2.20. The van der Waals surface area contributed by atoms with Gasteiger partial charge in [0.2, 0.25) is 0 Å². The van der Waals surface area contributed by atoms with E-state index >= 15 is 0 Å². The molecule has 8 heteroatoms. The zero-order valence-corrected chi connectivity index (χ0v) is 8.93. The molecule has 0 heterocycles. The summed E-state index contributed by atoms with van der Waals surface area (Å²) in [7, 11) is 0.897. The molecule has 1 atom stereocenters. The zero-order chi connectivity index (χ0) is 14.1. The van der Waals surface area contributed by atoms with Gasteiger partial charge in [0.15, 0.2) is 6.10 Å². The average Bonchev–Trinajstić information content (AvgIpc) is 2.24. The number of aliphatic hydroxyl groups is 1. The van der Waals surface area contributed by atoms with Gasteiger partial charge in [-0.2, -0.15) is 26.3 Å². The summed E-state index contributed by atoms with van der Waals surface area (Å²) >= 11 is 0. The van der Waals surface area contributed by atoms with Crippen molar-refractivity contribution in [3.63, 3.8) is 0 Å². The first-order chi connectivity index (χ1) is 8.07. The number of rotatable bonds is 2. The highest BCUT2D eigenvalue weighted by molar-refractivity contribution is 5.40. The van der Waals surface area contributed by atoms with Gasteiger partial charge >= 0.3 is 12.4 Å². The number of hydrogen-bond donors (Lipinski definition) is 1. The van der Waals surface area contributed by atoms with Crippen molar-refractivity contribution in [2.24, 2.45) is 0 Å². The minimum atomic E-state index is -4.95. The molecule has 2 nitrogen and oxygen atoms in total. The van der Waals surface area contributed by atoms with E-state index in [1.54, 1.807) is 0 Å². The number of benzene rings is 1. The summed E-state index contributed by atoms with van der Waals surface area (Å²) in [5, 5.41) is 8.91. The molecule has 1 aromatic rings. The second kappa shape index (κ2) is 4.68. The molecule has 0 aliphatic heterocycles. The van der Waals surface area contributed by atoms with Crippen molar-refractivity contribution in [3.8, 4) is 5.75 Å². The highest BCUT2D eigenvalue weighted by Crippen LogP contribution is 2.39. The highest BCUT2D eigenvalue weighted by atomic mass is 19.4. The van der Waals surface area contributed by atoms with Crippen molar-refractivity contribution >= 4 is 0 Å². The third-order valence-electron chi connectivity index (χ3n) is 2.16. The van der Waals surface area contributed by atoms with Crippen LogP contribution >= 0.6 is 0 Å². The Morgan fingerprint density at radius 1 is 1.11 bits per heavy atom. The molecule has 18 heavy (non-hydrogen) atoms. The van der Waals surface area contributed by atoms with Crippen LogP contribution in [0.15, 0.2) is 18.2 Å². The van der Waals surface area contributed by atoms with Gasteiger partial charge in [-0.05, 0) is 17.7 Å². The van der Waals surface area contributed by atoms with Gasteiger partial charge < -0.3 is 9.84 Å². The molecular weight excluding hydrogens is 266 g/mol. The van der Waals surface area contributed by atoms with Crippen LogP contribution in [0.5, 0.6) is 5.75 Å². The van der Waals surface area contributed by atoms with E-state index in [0.29, 0.717) is 18.2 Å². The van der Waals surface area contributed by atoms with E-state index in [1.165, 1.54) is 0 Å². The smallest absolute Gasteiger partial charge is 0.419 e. The minimum absolute atomic E-state index is 0.434. The number of ether oxygens (including phenoxy) is 1. The van der Waals surface area contributed by atoms with Gasteiger partial charge in [0.25, 0.3) is 0 Å². The van der Waals surface area contributed by atoms with Crippen LogP contribution in [-0.4, -0.2) is 18.4 Å². The van der Waals surface area contributed by atoms with Crippen LogP contribution in [0.2, 0.25) is 0 Å². The SMILES string of the molecule is COc1cc([C@@H](O)C(F)(F)F)ccc1C(F)(F)F.